The van der Waals surface area contributed by atoms with Gasteiger partial charge in [-0.05, 0) is 43.2 Å². The summed E-state index contributed by atoms with van der Waals surface area (Å²) in [7, 11) is 0. The van der Waals surface area contributed by atoms with E-state index < -0.39 is 0 Å². The van der Waals surface area contributed by atoms with Gasteiger partial charge in [0.2, 0.25) is 5.95 Å². The number of hydrogen-bond acceptors (Lipinski definition) is 4. The number of anilines is 3. The van der Waals surface area contributed by atoms with Crippen molar-refractivity contribution in [2.24, 2.45) is 0 Å². The van der Waals surface area contributed by atoms with Gasteiger partial charge in [-0.15, -0.1) is 0 Å². The van der Waals surface area contributed by atoms with Crippen LogP contribution >= 0.6 is 23.2 Å². The van der Waals surface area contributed by atoms with Crippen LogP contribution in [-0.2, 0) is 6.42 Å². The molecule has 0 atom stereocenters. The van der Waals surface area contributed by atoms with Crippen molar-refractivity contribution in [3.8, 4) is 0 Å². The molecular weight excluding hydrogens is 355 g/mol. The van der Waals surface area contributed by atoms with E-state index in [4.69, 9.17) is 23.2 Å². The molecule has 3 rings (SSSR count). The van der Waals surface area contributed by atoms with Crippen LogP contribution in [0.1, 0.15) is 11.3 Å². The first-order valence-electron chi connectivity index (χ1n) is 7.96. The van der Waals surface area contributed by atoms with Gasteiger partial charge in [0.15, 0.2) is 0 Å². The monoisotopic (exact) mass is 372 g/mol. The molecule has 0 aliphatic heterocycles. The van der Waals surface area contributed by atoms with E-state index in [1.165, 1.54) is 5.56 Å². The molecule has 2 N–H and O–H groups in total. The highest BCUT2D eigenvalue weighted by molar-refractivity contribution is 6.33. The van der Waals surface area contributed by atoms with Gasteiger partial charge in [-0.1, -0.05) is 47.5 Å². The zero-order chi connectivity index (χ0) is 17.6. The van der Waals surface area contributed by atoms with Gasteiger partial charge in [0.25, 0.3) is 0 Å². The van der Waals surface area contributed by atoms with Gasteiger partial charge in [0.05, 0.1) is 10.7 Å². The average Bonchev–Trinajstić information content (AvgIpc) is 2.58. The Morgan fingerprint density at radius 1 is 0.960 bits per heavy atom. The second-order valence-corrected chi connectivity index (χ2v) is 6.47. The second-order valence-electron chi connectivity index (χ2n) is 5.63. The third-order valence-corrected chi connectivity index (χ3v) is 4.18. The van der Waals surface area contributed by atoms with E-state index in [1.807, 2.05) is 61.5 Å². The van der Waals surface area contributed by atoms with Gasteiger partial charge < -0.3 is 10.6 Å². The van der Waals surface area contributed by atoms with Crippen LogP contribution in [0.4, 0.5) is 17.5 Å². The highest BCUT2D eigenvalue weighted by Crippen LogP contribution is 2.24. The van der Waals surface area contributed by atoms with Crippen LogP contribution in [0.3, 0.4) is 0 Å². The van der Waals surface area contributed by atoms with Crippen LogP contribution in [0.2, 0.25) is 10.0 Å². The van der Waals surface area contributed by atoms with E-state index in [0.717, 1.165) is 29.4 Å². The smallest absolute Gasteiger partial charge is 0.224 e. The van der Waals surface area contributed by atoms with Gasteiger partial charge in [-0.25, -0.2) is 4.98 Å². The highest BCUT2D eigenvalue weighted by Gasteiger charge is 2.05. The molecular formula is C19H18Cl2N4. The number of rotatable bonds is 6. The summed E-state index contributed by atoms with van der Waals surface area (Å²) < 4.78 is 0. The van der Waals surface area contributed by atoms with Gasteiger partial charge in [0.1, 0.15) is 5.82 Å². The standard InChI is InChI=1S/C19H18Cl2N4/c1-13-12-18(24-17-5-3-2-4-16(17)21)25-19(23-13)22-11-10-14-6-8-15(20)9-7-14/h2-9,12H,10-11H2,1H3,(H2,22,23,24,25). The van der Waals surface area contributed by atoms with Crippen LogP contribution in [0.15, 0.2) is 54.6 Å². The SMILES string of the molecule is Cc1cc(Nc2ccccc2Cl)nc(NCCc2ccc(Cl)cc2)n1. The lowest BCUT2D eigenvalue weighted by molar-refractivity contribution is 0.976. The molecule has 6 heteroatoms. The van der Waals surface area contributed by atoms with E-state index in [-0.39, 0.29) is 0 Å². The quantitative estimate of drug-likeness (QED) is 0.600. The summed E-state index contributed by atoms with van der Waals surface area (Å²) in [6.45, 7) is 2.67. The largest absolute Gasteiger partial charge is 0.354 e. The number of para-hydroxylation sites is 1. The van der Waals surface area contributed by atoms with Crippen molar-refractivity contribution < 1.29 is 0 Å². The fourth-order valence-corrected chi connectivity index (χ4v) is 2.69. The molecule has 4 nitrogen and oxygen atoms in total. The maximum absolute atomic E-state index is 6.19. The molecule has 1 heterocycles. The predicted molar refractivity (Wildman–Crippen MR) is 105 cm³/mol. The molecule has 0 fully saturated rings. The molecule has 0 aliphatic rings. The topological polar surface area (TPSA) is 49.8 Å². The van der Waals surface area contributed by atoms with Crippen molar-refractivity contribution in [1.82, 2.24) is 9.97 Å². The third kappa shape index (κ3) is 5.08. The first-order chi connectivity index (χ1) is 12.1. The molecule has 0 aliphatic carbocycles. The third-order valence-electron chi connectivity index (χ3n) is 3.60. The minimum absolute atomic E-state index is 0.587. The molecule has 3 aromatic rings. The lowest BCUT2D eigenvalue weighted by atomic mass is 10.1. The van der Waals surface area contributed by atoms with E-state index in [0.29, 0.717) is 16.8 Å². The molecule has 0 radical (unpaired) electrons. The summed E-state index contributed by atoms with van der Waals surface area (Å²) >= 11 is 12.1. The Hall–Kier alpha value is -2.30. The lowest BCUT2D eigenvalue weighted by Crippen LogP contribution is -2.09. The number of nitrogens with zero attached hydrogens (tertiary/aromatic N) is 2. The molecule has 0 spiro atoms. The zero-order valence-electron chi connectivity index (χ0n) is 13.8. The van der Waals surface area contributed by atoms with Crippen molar-refractivity contribution in [2.75, 3.05) is 17.2 Å². The Labute approximate surface area is 157 Å². The fraction of sp³-hybridized carbons (Fsp3) is 0.158. The Bertz CT molecular complexity index is 850. The Morgan fingerprint density at radius 3 is 2.48 bits per heavy atom. The molecule has 0 bridgehead atoms. The van der Waals surface area contributed by atoms with E-state index in [2.05, 4.69) is 20.6 Å². The van der Waals surface area contributed by atoms with Gasteiger partial charge >= 0.3 is 0 Å². The molecule has 1 aromatic heterocycles. The molecule has 0 saturated heterocycles. The van der Waals surface area contributed by atoms with Crippen molar-refractivity contribution in [3.63, 3.8) is 0 Å². The van der Waals surface area contributed by atoms with Gasteiger partial charge in [0, 0.05) is 23.3 Å². The Morgan fingerprint density at radius 2 is 1.72 bits per heavy atom. The minimum Gasteiger partial charge on any atom is -0.354 e. The summed E-state index contributed by atoms with van der Waals surface area (Å²) in [5.41, 5.74) is 2.90. The average molecular weight is 373 g/mol. The first-order valence-corrected chi connectivity index (χ1v) is 8.71. The number of nitrogens with one attached hydrogen (secondary N) is 2. The van der Waals surface area contributed by atoms with Crippen LogP contribution < -0.4 is 10.6 Å². The summed E-state index contributed by atoms with van der Waals surface area (Å²) in [5, 5.41) is 7.88. The van der Waals surface area contributed by atoms with Crippen molar-refractivity contribution in [2.45, 2.75) is 13.3 Å². The van der Waals surface area contributed by atoms with Crippen LogP contribution in [0, 0.1) is 6.92 Å². The molecule has 0 amide bonds. The van der Waals surface area contributed by atoms with E-state index in [1.54, 1.807) is 0 Å². The molecule has 0 saturated carbocycles. The number of hydrogen-bond donors (Lipinski definition) is 2. The molecule has 0 unspecified atom stereocenters. The fourth-order valence-electron chi connectivity index (χ4n) is 2.38. The summed E-state index contributed by atoms with van der Waals surface area (Å²) in [4.78, 5) is 8.93. The zero-order valence-corrected chi connectivity index (χ0v) is 15.3. The van der Waals surface area contributed by atoms with Crippen LogP contribution in [-0.4, -0.2) is 16.5 Å². The van der Waals surface area contributed by atoms with E-state index in [9.17, 15) is 0 Å². The maximum atomic E-state index is 6.19. The first kappa shape index (κ1) is 17.5. The van der Waals surface area contributed by atoms with Crippen LogP contribution in [0.5, 0.6) is 0 Å². The van der Waals surface area contributed by atoms with Gasteiger partial charge in [-0.2, -0.15) is 4.98 Å². The van der Waals surface area contributed by atoms with Crippen molar-refractivity contribution in [1.29, 1.82) is 0 Å². The summed E-state index contributed by atoms with van der Waals surface area (Å²) in [6, 6.07) is 17.3. The number of benzene rings is 2. The van der Waals surface area contributed by atoms with Crippen LogP contribution in [0.25, 0.3) is 0 Å². The van der Waals surface area contributed by atoms with E-state index >= 15 is 0 Å². The minimum atomic E-state index is 0.587. The highest BCUT2D eigenvalue weighted by atomic mass is 35.5. The van der Waals surface area contributed by atoms with Gasteiger partial charge in [-0.3, -0.25) is 0 Å². The Kier molecular flexibility index (Phi) is 5.74. The number of aromatic nitrogens is 2. The Balaban J connectivity index is 1.65. The van der Waals surface area contributed by atoms with Crippen molar-refractivity contribution >= 4 is 40.7 Å². The number of halogens is 2. The molecule has 128 valence electrons. The summed E-state index contributed by atoms with van der Waals surface area (Å²) in [6.07, 6.45) is 0.863. The normalized spacial score (nSPS) is 10.5. The molecule has 25 heavy (non-hydrogen) atoms. The lowest BCUT2D eigenvalue weighted by Gasteiger charge is -2.11. The summed E-state index contributed by atoms with van der Waals surface area (Å²) in [5.74, 6) is 1.29. The maximum Gasteiger partial charge on any atom is 0.224 e. The molecule has 2 aromatic carbocycles. The second kappa shape index (κ2) is 8.19. The number of aryl methyl sites for hydroxylation is 1. The van der Waals surface area contributed by atoms with Crippen molar-refractivity contribution in [3.05, 3.63) is 75.9 Å². The predicted octanol–water partition coefficient (Wildman–Crippen LogP) is 5.49.